The number of hydrogen-bond acceptors (Lipinski definition) is 6. The van der Waals surface area contributed by atoms with Gasteiger partial charge in [-0.05, 0) is 68.3 Å². The molecule has 41 heavy (non-hydrogen) atoms. The Kier molecular flexibility index (Phi) is 11.0. The molecule has 0 saturated heterocycles. The van der Waals surface area contributed by atoms with Crippen LogP contribution in [0.2, 0.25) is 5.02 Å². The molecule has 1 atom stereocenters. The van der Waals surface area contributed by atoms with Crippen molar-refractivity contribution in [1.82, 2.24) is 10.2 Å². The van der Waals surface area contributed by atoms with Crippen LogP contribution < -0.4 is 19.1 Å². The summed E-state index contributed by atoms with van der Waals surface area (Å²) in [7, 11) is -1.22. The molecule has 0 fully saturated rings. The van der Waals surface area contributed by atoms with E-state index < -0.39 is 28.5 Å². The van der Waals surface area contributed by atoms with E-state index in [0.29, 0.717) is 24.5 Å². The maximum absolute atomic E-state index is 14.1. The molecule has 3 rings (SSSR count). The Morgan fingerprint density at radius 2 is 1.68 bits per heavy atom. The third-order valence-corrected chi connectivity index (χ3v) is 8.62. The van der Waals surface area contributed by atoms with E-state index >= 15 is 0 Å². The molecular weight excluding hydrogens is 566 g/mol. The van der Waals surface area contributed by atoms with E-state index in [4.69, 9.17) is 21.1 Å². The number of methoxy groups -OCH3 is 2. The molecule has 0 aliphatic carbocycles. The third-order valence-electron chi connectivity index (χ3n) is 6.54. The number of carbonyl (C=O) groups is 2. The SMILES string of the molecule is CCNC(=O)[C@@H](CC)N(Cc1cccc(OC)c1)C(=O)CN(c1ccc(OC)c(Cl)c1)S(=O)(=O)c1ccc(C)cc1. The summed E-state index contributed by atoms with van der Waals surface area (Å²) in [5, 5.41) is 2.97. The summed E-state index contributed by atoms with van der Waals surface area (Å²) >= 11 is 6.37. The van der Waals surface area contributed by atoms with Gasteiger partial charge in [0, 0.05) is 13.1 Å². The van der Waals surface area contributed by atoms with Crippen LogP contribution in [0.3, 0.4) is 0 Å². The van der Waals surface area contributed by atoms with Gasteiger partial charge >= 0.3 is 0 Å². The third kappa shape index (κ3) is 7.71. The van der Waals surface area contributed by atoms with Gasteiger partial charge in [-0.25, -0.2) is 8.42 Å². The normalized spacial score (nSPS) is 11.9. The number of aryl methyl sites for hydroxylation is 1. The van der Waals surface area contributed by atoms with Gasteiger partial charge in [0.15, 0.2) is 0 Å². The lowest BCUT2D eigenvalue weighted by Gasteiger charge is -2.33. The number of carbonyl (C=O) groups excluding carboxylic acids is 2. The highest BCUT2D eigenvalue weighted by atomic mass is 35.5. The number of likely N-dealkylation sites (N-methyl/N-ethyl adjacent to an activating group) is 1. The van der Waals surface area contributed by atoms with Crippen molar-refractivity contribution in [3.8, 4) is 11.5 Å². The Hall–Kier alpha value is -3.76. The van der Waals surface area contributed by atoms with Crippen molar-refractivity contribution in [1.29, 1.82) is 0 Å². The number of rotatable bonds is 13. The summed E-state index contributed by atoms with van der Waals surface area (Å²) in [6, 6.07) is 17.2. The molecule has 11 heteroatoms. The number of nitrogens with zero attached hydrogens (tertiary/aromatic N) is 2. The van der Waals surface area contributed by atoms with Gasteiger partial charge in [-0.3, -0.25) is 13.9 Å². The van der Waals surface area contributed by atoms with Crippen LogP contribution in [0.25, 0.3) is 0 Å². The van der Waals surface area contributed by atoms with E-state index in [0.717, 1.165) is 15.4 Å². The van der Waals surface area contributed by atoms with Gasteiger partial charge in [0.25, 0.3) is 10.0 Å². The molecule has 9 nitrogen and oxygen atoms in total. The molecule has 0 aliphatic rings. The molecule has 0 bridgehead atoms. The summed E-state index contributed by atoms with van der Waals surface area (Å²) in [6.07, 6.45) is 0.320. The van der Waals surface area contributed by atoms with Crippen molar-refractivity contribution in [2.45, 2.75) is 44.7 Å². The minimum absolute atomic E-state index is 0.0120. The number of benzene rings is 3. The Bertz CT molecular complexity index is 1460. The molecule has 0 spiro atoms. The van der Waals surface area contributed by atoms with Gasteiger partial charge in [0.2, 0.25) is 11.8 Å². The van der Waals surface area contributed by atoms with E-state index in [9.17, 15) is 18.0 Å². The van der Waals surface area contributed by atoms with Crippen molar-refractivity contribution >= 4 is 39.1 Å². The van der Waals surface area contributed by atoms with Gasteiger partial charge < -0.3 is 19.7 Å². The zero-order valence-corrected chi connectivity index (χ0v) is 25.5. The number of amides is 2. The van der Waals surface area contributed by atoms with Crippen LogP contribution in [0, 0.1) is 6.92 Å². The average Bonchev–Trinajstić information content (AvgIpc) is 2.96. The predicted molar refractivity (Wildman–Crippen MR) is 160 cm³/mol. The highest BCUT2D eigenvalue weighted by Crippen LogP contribution is 2.32. The van der Waals surface area contributed by atoms with Crippen LogP contribution in [0.5, 0.6) is 11.5 Å². The number of anilines is 1. The molecule has 0 radical (unpaired) electrons. The second kappa shape index (κ2) is 14.2. The van der Waals surface area contributed by atoms with Crippen molar-refractivity contribution in [2.24, 2.45) is 0 Å². The second-order valence-corrected chi connectivity index (χ2v) is 11.6. The largest absolute Gasteiger partial charge is 0.497 e. The first-order valence-electron chi connectivity index (χ1n) is 13.2. The highest BCUT2D eigenvalue weighted by Gasteiger charge is 2.34. The number of halogens is 1. The first kappa shape index (κ1) is 31.8. The number of ether oxygens (including phenoxy) is 2. The van der Waals surface area contributed by atoms with Crippen molar-refractivity contribution in [3.63, 3.8) is 0 Å². The van der Waals surface area contributed by atoms with E-state index in [2.05, 4.69) is 5.32 Å². The topological polar surface area (TPSA) is 105 Å². The number of sulfonamides is 1. The smallest absolute Gasteiger partial charge is 0.264 e. The van der Waals surface area contributed by atoms with Crippen LogP contribution in [-0.2, 0) is 26.2 Å². The molecule has 3 aromatic carbocycles. The maximum atomic E-state index is 14.1. The van der Waals surface area contributed by atoms with Crippen LogP contribution in [0.4, 0.5) is 5.69 Å². The Balaban J connectivity index is 2.10. The standard InChI is InChI=1S/C30H36ClN3O6S/c1-6-27(30(36)32-7-2)33(19-22-9-8-10-24(17-22)39-4)29(35)20-34(23-13-16-28(40-5)26(31)18-23)41(37,38)25-14-11-21(3)12-15-25/h8-18,27H,6-7,19-20H2,1-5H3,(H,32,36)/t27-/m1/s1. The van der Waals surface area contributed by atoms with Crippen LogP contribution in [0.15, 0.2) is 71.6 Å². The molecule has 1 N–H and O–H groups in total. The van der Waals surface area contributed by atoms with E-state index in [1.165, 1.54) is 42.3 Å². The predicted octanol–water partition coefficient (Wildman–Crippen LogP) is 4.80. The molecule has 0 aromatic heterocycles. The van der Waals surface area contributed by atoms with E-state index in [1.54, 1.807) is 51.3 Å². The van der Waals surface area contributed by atoms with Gasteiger partial charge in [0.05, 0.1) is 29.8 Å². The molecule has 0 saturated carbocycles. The monoisotopic (exact) mass is 601 g/mol. The van der Waals surface area contributed by atoms with Crippen LogP contribution in [0.1, 0.15) is 31.4 Å². The summed E-state index contributed by atoms with van der Waals surface area (Å²) in [5.41, 5.74) is 1.79. The Morgan fingerprint density at radius 3 is 2.27 bits per heavy atom. The fourth-order valence-corrected chi connectivity index (χ4v) is 6.01. The summed E-state index contributed by atoms with van der Waals surface area (Å²) in [6.45, 7) is 5.32. The fourth-order valence-electron chi connectivity index (χ4n) is 4.36. The van der Waals surface area contributed by atoms with Crippen molar-refractivity contribution in [2.75, 3.05) is 31.6 Å². The lowest BCUT2D eigenvalue weighted by atomic mass is 10.1. The van der Waals surface area contributed by atoms with E-state index in [1.807, 2.05) is 13.0 Å². The highest BCUT2D eigenvalue weighted by molar-refractivity contribution is 7.92. The molecular formula is C30H36ClN3O6S. The average molecular weight is 602 g/mol. The Labute approximate surface area is 247 Å². The summed E-state index contributed by atoms with van der Waals surface area (Å²) < 4.78 is 39.5. The van der Waals surface area contributed by atoms with Gasteiger partial charge in [0.1, 0.15) is 24.1 Å². The minimum Gasteiger partial charge on any atom is -0.497 e. The van der Waals surface area contributed by atoms with Crippen molar-refractivity contribution < 1.29 is 27.5 Å². The quantitative estimate of drug-likeness (QED) is 0.302. The molecule has 3 aromatic rings. The van der Waals surface area contributed by atoms with Gasteiger partial charge in [-0.2, -0.15) is 0 Å². The molecule has 0 heterocycles. The number of hydrogen-bond donors (Lipinski definition) is 1. The fraction of sp³-hybridized carbons (Fsp3) is 0.333. The molecule has 0 aliphatic heterocycles. The zero-order valence-electron chi connectivity index (χ0n) is 23.9. The Morgan fingerprint density at radius 1 is 0.976 bits per heavy atom. The lowest BCUT2D eigenvalue weighted by molar-refractivity contribution is -0.140. The summed E-state index contributed by atoms with van der Waals surface area (Å²) in [5.74, 6) is 0.0639. The van der Waals surface area contributed by atoms with E-state index in [-0.39, 0.29) is 28.1 Å². The van der Waals surface area contributed by atoms with Crippen molar-refractivity contribution in [3.05, 3.63) is 82.9 Å². The van der Waals surface area contributed by atoms with Crippen LogP contribution in [-0.4, -0.2) is 58.5 Å². The number of nitrogens with one attached hydrogen (secondary N) is 1. The lowest BCUT2D eigenvalue weighted by Crippen LogP contribution is -2.52. The second-order valence-electron chi connectivity index (χ2n) is 9.34. The first-order chi connectivity index (χ1) is 19.5. The van der Waals surface area contributed by atoms with Gasteiger partial charge in [-0.15, -0.1) is 0 Å². The first-order valence-corrected chi connectivity index (χ1v) is 15.0. The molecule has 0 unspecified atom stereocenters. The van der Waals surface area contributed by atoms with Crippen LogP contribution >= 0.6 is 11.6 Å². The molecule has 2 amide bonds. The zero-order chi connectivity index (χ0) is 30.2. The maximum Gasteiger partial charge on any atom is 0.264 e. The minimum atomic E-state index is -4.22. The summed E-state index contributed by atoms with van der Waals surface area (Å²) in [4.78, 5) is 28.6. The molecule has 220 valence electrons. The van der Waals surface area contributed by atoms with Gasteiger partial charge in [-0.1, -0.05) is 48.4 Å².